The Balaban J connectivity index is 2.25. The molecule has 11 heteroatoms. The van der Waals surface area contributed by atoms with Gasteiger partial charge in [-0.15, -0.1) is 11.3 Å². The molecule has 0 spiro atoms. The van der Waals surface area contributed by atoms with Crippen LogP contribution >= 0.6 is 11.3 Å². The van der Waals surface area contributed by atoms with E-state index in [4.69, 9.17) is 19.3 Å². The van der Waals surface area contributed by atoms with Gasteiger partial charge in [0.25, 0.3) is 11.8 Å². The number of carbonyl (C=O) groups is 4. The third-order valence-electron chi connectivity index (χ3n) is 3.89. The molecule has 166 valence electrons. The van der Waals surface area contributed by atoms with Crippen molar-refractivity contribution in [3.05, 3.63) is 40.3 Å². The summed E-state index contributed by atoms with van der Waals surface area (Å²) < 4.78 is 14.9. The Kier molecular flexibility index (Phi) is 8.53. The number of rotatable bonds is 10. The Bertz CT molecular complexity index is 968. The van der Waals surface area contributed by atoms with E-state index >= 15 is 0 Å². The first-order valence-corrected chi connectivity index (χ1v) is 9.93. The monoisotopic (exact) mass is 450 g/mol. The lowest BCUT2D eigenvalue weighted by Crippen LogP contribution is -2.21. The molecule has 10 nitrogen and oxygen atoms in total. The maximum Gasteiger partial charge on any atom is 0.341 e. The standard InChI is InChI=1S/C20H22N2O8S/c1-4-30-20(27)16-11(2)17(18(26)21-12-5-7-13(28-3)8-6-12)31-19(16)22-14(23)9-29-10-15(24)25/h5-8H,4,9-10H2,1-3H3,(H,21,26)(H,22,23)(H,24,25). The summed E-state index contributed by atoms with van der Waals surface area (Å²) in [6.45, 7) is 2.14. The Morgan fingerprint density at radius 2 is 1.74 bits per heavy atom. The quantitative estimate of drug-likeness (QED) is 0.469. The predicted molar refractivity (Wildman–Crippen MR) is 113 cm³/mol. The molecular weight excluding hydrogens is 428 g/mol. The Morgan fingerprint density at radius 3 is 2.32 bits per heavy atom. The van der Waals surface area contributed by atoms with Gasteiger partial charge in [-0.05, 0) is 43.7 Å². The summed E-state index contributed by atoms with van der Waals surface area (Å²) in [6, 6.07) is 6.69. The van der Waals surface area contributed by atoms with Crippen molar-refractivity contribution in [2.24, 2.45) is 0 Å². The van der Waals surface area contributed by atoms with Crippen molar-refractivity contribution >= 4 is 45.8 Å². The molecule has 0 radical (unpaired) electrons. The summed E-state index contributed by atoms with van der Waals surface area (Å²) in [7, 11) is 1.53. The third kappa shape index (κ3) is 6.52. The lowest BCUT2D eigenvalue weighted by molar-refractivity contribution is -0.143. The van der Waals surface area contributed by atoms with Crippen LogP contribution in [0.1, 0.15) is 32.5 Å². The highest BCUT2D eigenvalue weighted by Crippen LogP contribution is 2.34. The molecule has 0 aliphatic carbocycles. The highest BCUT2D eigenvalue weighted by atomic mass is 32.1. The summed E-state index contributed by atoms with van der Waals surface area (Å²) in [5.41, 5.74) is 0.915. The molecule has 0 saturated heterocycles. The molecule has 2 rings (SSSR count). The van der Waals surface area contributed by atoms with Crippen LogP contribution < -0.4 is 15.4 Å². The van der Waals surface area contributed by atoms with E-state index in [1.54, 1.807) is 38.1 Å². The van der Waals surface area contributed by atoms with Gasteiger partial charge >= 0.3 is 11.9 Å². The van der Waals surface area contributed by atoms with Crippen LogP contribution in [0.3, 0.4) is 0 Å². The normalized spacial score (nSPS) is 10.3. The molecule has 3 N–H and O–H groups in total. The van der Waals surface area contributed by atoms with E-state index < -0.39 is 37.0 Å². The van der Waals surface area contributed by atoms with E-state index in [9.17, 15) is 19.2 Å². The van der Waals surface area contributed by atoms with Gasteiger partial charge < -0.3 is 30.0 Å². The van der Waals surface area contributed by atoms with Crippen LogP contribution in [0.25, 0.3) is 0 Å². The Morgan fingerprint density at radius 1 is 1.06 bits per heavy atom. The van der Waals surface area contributed by atoms with E-state index in [2.05, 4.69) is 10.6 Å². The van der Waals surface area contributed by atoms with E-state index in [1.165, 1.54) is 7.11 Å². The fourth-order valence-corrected chi connectivity index (χ4v) is 3.63. The average molecular weight is 450 g/mol. The maximum absolute atomic E-state index is 12.8. The third-order valence-corrected chi connectivity index (χ3v) is 5.10. The van der Waals surface area contributed by atoms with Crippen molar-refractivity contribution in [1.82, 2.24) is 0 Å². The first kappa shape index (κ1) is 23.8. The Hall–Kier alpha value is -3.44. The summed E-state index contributed by atoms with van der Waals surface area (Å²) in [5.74, 6) is -2.42. The second-order valence-electron chi connectivity index (χ2n) is 6.10. The average Bonchev–Trinajstić information content (AvgIpc) is 3.04. The summed E-state index contributed by atoms with van der Waals surface area (Å²) in [6.07, 6.45) is 0. The SMILES string of the molecule is CCOC(=O)c1c(NC(=O)COCC(=O)O)sc(C(=O)Nc2ccc(OC)cc2)c1C. The molecule has 1 aromatic heterocycles. The molecule has 2 aromatic rings. The van der Waals surface area contributed by atoms with Crippen LogP contribution in [-0.4, -0.2) is 55.8 Å². The van der Waals surface area contributed by atoms with Gasteiger partial charge in [-0.25, -0.2) is 9.59 Å². The van der Waals surface area contributed by atoms with Crippen molar-refractivity contribution in [1.29, 1.82) is 0 Å². The van der Waals surface area contributed by atoms with Gasteiger partial charge in [0.05, 0.1) is 24.2 Å². The molecule has 31 heavy (non-hydrogen) atoms. The van der Waals surface area contributed by atoms with Gasteiger partial charge in [-0.2, -0.15) is 0 Å². The van der Waals surface area contributed by atoms with Gasteiger partial charge in [-0.3, -0.25) is 9.59 Å². The van der Waals surface area contributed by atoms with Crippen molar-refractivity contribution in [3.63, 3.8) is 0 Å². The molecule has 0 aliphatic rings. The number of methoxy groups -OCH3 is 1. The number of carboxylic acids is 1. The van der Waals surface area contributed by atoms with Gasteiger partial charge in [0.15, 0.2) is 0 Å². The van der Waals surface area contributed by atoms with E-state index in [1.807, 2.05) is 0 Å². The van der Waals surface area contributed by atoms with Crippen molar-refractivity contribution < 1.29 is 38.5 Å². The number of benzene rings is 1. The first-order valence-electron chi connectivity index (χ1n) is 9.12. The van der Waals surface area contributed by atoms with Crippen molar-refractivity contribution in [3.8, 4) is 5.75 Å². The number of ether oxygens (including phenoxy) is 3. The molecule has 0 unspecified atom stereocenters. The van der Waals surface area contributed by atoms with E-state index in [0.29, 0.717) is 17.0 Å². The zero-order valence-electron chi connectivity index (χ0n) is 17.1. The molecule has 1 heterocycles. The maximum atomic E-state index is 12.8. The minimum atomic E-state index is -1.22. The number of anilines is 2. The Labute approximate surface area is 182 Å². The van der Waals surface area contributed by atoms with Crippen LogP contribution in [-0.2, 0) is 19.1 Å². The van der Waals surface area contributed by atoms with Gasteiger partial charge in [0.2, 0.25) is 0 Å². The summed E-state index contributed by atoms with van der Waals surface area (Å²) in [4.78, 5) is 48.0. The number of amides is 2. The first-order chi connectivity index (χ1) is 14.8. The molecule has 0 saturated carbocycles. The minimum Gasteiger partial charge on any atom is -0.497 e. The minimum absolute atomic E-state index is 0.0540. The number of carboxylic acid groups (broad SMARTS) is 1. The summed E-state index contributed by atoms with van der Waals surface area (Å²) in [5, 5.41) is 13.9. The number of hydrogen-bond acceptors (Lipinski definition) is 8. The number of hydrogen-bond donors (Lipinski definition) is 3. The largest absolute Gasteiger partial charge is 0.497 e. The van der Waals surface area contributed by atoms with E-state index in [-0.39, 0.29) is 22.0 Å². The van der Waals surface area contributed by atoms with Gasteiger partial charge in [-0.1, -0.05) is 0 Å². The zero-order chi connectivity index (χ0) is 23.0. The van der Waals surface area contributed by atoms with E-state index in [0.717, 1.165) is 11.3 Å². The van der Waals surface area contributed by atoms with Crippen LogP contribution in [0.5, 0.6) is 5.75 Å². The van der Waals surface area contributed by atoms with Gasteiger partial charge in [0, 0.05) is 5.69 Å². The second kappa shape index (κ2) is 11.1. The number of nitrogens with one attached hydrogen (secondary N) is 2. The number of esters is 1. The molecule has 1 aromatic carbocycles. The topological polar surface area (TPSA) is 140 Å². The van der Waals surface area contributed by atoms with Crippen LogP contribution in [0.15, 0.2) is 24.3 Å². The zero-order valence-corrected chi connectivity index (χ0v) is 18.0. The van der Waals surface area contributed by atoms with Crippen molar-refractivity contribution in [2.75, 3.05) is 37.6 Å². The van der Waals surface area contributed by atoms with Gasteiger partial charge in [0.1, 0.15) is 24.0 Å². The smallest absolute Gasteiger partial charge is 0.341 e. The number of thiophene rings is 1. The fourth-order valence-electron chi connectivity index (χ4n) is 2.52. The lowest BCUT2D eigenvalue weighted by atomic mass is 10.1. The van der Waals surface area contributed by atoms with Crippen LogP contribution in [0.4, 0.5) is 10.7 Å². The lowest BCUT2D eigenvalue weighted by Gasteiger charge is -2.07. The number of aliphatic carboxylic acids is 1. The second-order valence-corrected chi connectivity index (χ2v) is 7.12. The molecule has 0 atom stereocenters. The molecule has 2 amide bonds. The van der Waals surface area contributed by atoms with Crippen LogP contribution in [0, 0.1) is 6.92 Å². The highest BCUT2D eigenvalue weighted by Gasteiger charge is 2.26. The molecular formula is C20H22N2O8S. The van der Waals surface area contributed by atoms with Crippen molar-refractivity contribution in [2.45, 2.75) is 13.8 Å². The predicted octanol–water partition coefficient (Wildman–Crippen LogP) is 2.53. The fraction of sp³-hybridized carbons (Fsp3) is 0.300. The van der Waals surface area contributed by atoms with Crippen LogP contribution in [0.2, 0.25) is 0 Å². The molecule has 0 fully saturated rings. The molecule has 0 bridgehead atoms. The molecule has 0 aliphatic heterocycles. The summed E-state index contributed by atoms with van der Waals surface area (Å²) >= 11 is 0.902. The number of carbonyl (C=O) groups excluding carboxylic acids is 3. The highest BCUT2D eigenvalue weighted by molar-refractivity contribution is 7.18.